The molecule has 0 aliphatic heterocycles. The first kappa shape index (κ1) is 9.69. The van der Waals surface area contributed by atoms with Crippen molar-refractivity contribution < 1.29 is 9.26 Å². The van der Waals surface area contributed by atoms with Gasteiger partial charge in [-0.2, -0.15) is 0 Å². The summed E-state index contributed by atoms with van der Waals surface area (Å²) in [6.07, 6.45) is 0. The van der Waals surface area contributed by atoms with Crippen LogP contribution in [0.25, 0.3) is 0 Å². The van der Waals surface area contributed by atoms with Crippen LogP contribution in [0.15, 0.2) is 15.6 Å². The lowest BCUT2D eigenvalue weighted by Gasteiger charge is -1.96. The second kappa shape index (κ2) is 4.58. The molecule has 0 unspecified atom stereocenters. The van der Waals surface area contributed by atoms with Gasteiger partial charge in [0.25, 0.3) is 0 Å². The van der Waals surface area contributed by atoms with Gasteiger partial charge in [0.2, 0.25) is 0 Å². The molecule has 0 spiro atoms. The van der Waals surface area contributed by atoms with E-state index in [1.165, 1.54) is 0 Å². The molecule has 0 atom stereocenters. The molecule has 0 aliphatic carbocycles. The van der Waals surface area contributed by atoms with Gasteiger partial charge in [-0.1, -0.05) is 5.16 Å². The monoisotopic (exact) mass is 184 g/mol. The predicted molar refractivity (Wildman–Crippen MR) is 47.0 cm³/mol. The average molecular weight is 184 g/mol. The predicted octanol–water partition coefficient (Wildman–Crippen LogP) is -0.339. The first-order valence-corrected chi connectivity index (χ1v) is 3.70. The molecular formula is C7H12N4O2. The van der Waals surface area contributed by atoms with Crippen molar-refractivity contribution in [2.24, 2.45) is 10.8 Å². The standard InChI is InChI=1S/C7H12N4O2/c1-9-7(10-8)6-3-5(4-12-2)13-11-6/h3H,4,8H2,1-2H3,(H,9,10). The van der Waals surface area contributed by atoms with Gasteiger partial charge < -0.3 is 14.7 Å². The van der Waals surface area contributed by atoms with Gasteiger partial charge in [0, 0.05) is 20.2 Å². The Morgan fingerprint density at radius 3 is 3.15 bits per heavy atom. The molecule has 1 rings (SSSR count). The zero-order valence-electron chi connectivity index (χ0n) is 7.57. The van der Waals surface area contributed by atoms with Gasteiger partial charge in [-0.15, -0.1) is 0 Å². The van der Waals surface area contributed by atoms with E-state index in [0.29, 0.717) is 23.9 Å². The molecule has 1 aromatic heterocycles. The van der Waals surface area contributed by atoms with Crippen molar-refractivity contribution in [1.29, 1.82) is 0 Å². The summed E-state index contributed by atoms with van der Waals surface area (Å²) >= 11 is 0. The Morgan fingerprint density at radius 1 is 1.85 bits per heavy atom. The van der Waals surface area contributed by atoms with E-state index in [1.807, 2.05) is 0 Å². The van der Waals surface area contributed by atoms with E-state index < -0.39 is 0 Å². The van der Waals surface area contributed by atoms with Crippen LogP contribution < -0.4 is 11.3 Å². The molecule has 0 fully saturated rings. The van der Waals surface area contributed by atoms with Crippen LogP contribution in [0, 0.1) is 0 Å². The molecule has 0 radical (unpaired) electrons. The topological polar surface area (TPSA) is 85.7 Å². The third-order valence-electron chi connectivity index (χ3n) is 1.45. The zero-order chi connectivity index (χ0) is 9.68. The van der Waals surface area contributed by atoms with Crippen molar-refractivity contribution in [3.63, 3.8) is 0 Å². The van der Waals surface area contributed by atoms with E-state index in [-0.39, 0.29) is 0 Å². The van der Waals surface area contributed by atoms with Gasteiger partial charge in [0.15, 0.2) is 11.6 Å². The van der Waals surface area contributed by atoms with Crippen LogP contribution in [0.1, 0.15) is 11.5 Å². The highest BCUT2D eigenvalue weighted by Gasteiger charge is 2.08. The highest BCUT2D eigenvalue weighted by molar-refractivity contribution is 5.96. The highest BCUT2D eigenvalue weighted by Crippen LogP contribution is 2.04. The van der Waals surface area contributed by atoms with Crippen molar-refractivity contribution in [2.75, 3.05) is 14.2 Å². The van der Waals surface area contributed by atoms with Crippen molar-refractivity contribution in [2.45, 2.75) is 6.61 Å². The number of nitrogens with zero attached hydrogens (tertiary/aromatic N) is 2. The van der Waals surface area contributed by atoms with Crippen LogP contribution >= 0.6 is 0 Å². The number of rotatable bonds is 3. The second-order valence-electron chi connectivity index (χ2n) is 2.33. The lowest BCUT2D eigenvalue weighted by Crippen LogP contribution is -2.31. The number of nitrogens with one attached hydrogen (secondary N) is 1. The summed E-state index contributed by atoms with van der Waals surface area (Å²) in [6.45, 7) is 0.383. The van der Waals surface area contributed by atoms with Gasteiger partial charge in [-0.25, -0.2) is 5.84 Å². The molecule has 0 amide bonds. The maximum Gasteiger partial charge on any atom is 0.164 e. The normalized spacial score (nSPS) is 11.8. The minimum absolute atomic E-state index is 0.383. The number of hydrazine groups is 1. The van der Waals surface area contributed by atoms with E-state index in [2.05, 4.69) is 15.6 Å². The number of hydrogen-bond donors (Lipinski definition) is 2. The van der Waals surface area contributed by atoms with Gasteiger partial charge in [-0.3, -0.25) is 4.99 Å². The maximum atomic E-state index is 5.20. The van der Waals surface area contributed by atoms with E-state index in [1.54, 1.807) is 20.2 Å². The Hall–Kier alpha value is -1.40. The molecule has 0 bridgehead atoms. The summed E-state index contributed by atoms with van der Waals surface area (Å²) in [5.41, 5.74) is 2.98. The fourth-order valence-corrected chi connectivity index (χ4v) is 0.888. The molecule has 0 saturated carbocycles. The zero-order valence-corrected chi connectivity index (χ0v) is 7.57. The summed E-state index contributed by atoms with van der Waals surface area (Å²) in [7, 11) is 3.19. The summed E-state index contributed by atoms with van der Waals surface area (Å²) in [6, 6.07) is 1.71. The molecule has 0 aromatic carbocycles. The smallest absolute Gasteiger partial charge is 0.164 e. The van der Waals surface area contributed by atoms with E-state index in [0.717, 1.165) is 0 Å². The number of amidine groups is 1. The lowest BCUT2D eigenvalue weighted by atomic mass is 10.3. The van der Waals surface area contributed by atoms with Crippen molar-refractivity contribution >= 4 is 5.84 Å². The summed E-state index contributed by atoms with van der Waals surface area (Å²) in [5.74, 6) is 6.32. The Kier molecular flexibility index (Phi) is 3.41. The quantitative estimate of drug-likeness (QED) is 0.290. The fourth-order valence-electron chi connectivity index (χ4n) is 0.888. The SMILES string of the molecule is CN=C(NN)c1cc(COC)on1. The first-order chi connectivity index (χ1) is 6.31. The van der Waals surface area contributed by atoms with Gasteiger partial charge in [-0.05, 0) is 0 Å². The summed E-state index contributed by atoms with van der Waals surface area (Å²) < 4.78 is 9.80. The first-order valence-electron chi connectivity index (χ1n) is 3.70. The molecule has 3 N–H and O–H groups in total. The number of ether oxygens (including phenoxy) is 1. The molecular weight excluding hydrogens is 172 g/mol. The fraction of sp³-hybridized carbons (Fsp3) is 0.429. The van der Waals surface area contributed by atoms with Crippen LogP contribution in [-0.2, 0) is 11.3 Å². The second-order valence-corrected chi connectivity index (χ2v) is 2.33. The van der Waals surface area contributed by atoms with Crippen molar-refractivity contribution in [3.05, 3.63) is 17.5 Å². The van der Waals surface area contributed by atoms with Crippen LogP contribution in [-0.4, -0.2) is 25.1 Å². The van der Waals surface area contributed by atoms with Gasteiger partial charge in [0.1, 0.15) is 12.3 Å². The largest absolute Gasteiger partial charge is 0.377 e. The minimum Gasteiger partial charge on any atom is -0.377 e. The Balaban J connectivity index is 2.78. The Morgan fingerprint density at radius 2 is 2.62 bits per heavy atom. The van der Waals surface area contributed by atoms with Crippen molar-refractivity contribution in [3.8, 4) is 0 Å². The lowest BCUT2D eigenvalue weighted by molar-refractivity contribution is 0.156. The van der Waals surface area contributed by atoms with Crippen molar-refractivity contribution in [1.82, 2.24) is 10.6 Å². The van der Waals surface area contributed by atoms with Gasteiger partial charge >= 0.3 is 0 Å². The number of nitrogens with two attached hydrogens (primary N) is 1. The number of methoxy groups -OCH3 is 1. The van der Waals surface area contributed by atoms with E-state index in [9.17, 15) is 0 Å². The molecule has 13 heavy (non-hydrogen) atoms. The van der Waals surface area contributed by atoms with Crippen LogP contribution in [0.4, 0.5) is 0 Å². The van der Waals surface area contributed by atoms with Crippen LogP contribution in [0.2, 0.25) is 0 Å². The average Bonchev–Trinajstić information content (AvgIpc) is 2.56. The third-order valence-corrected chi connectivity index (χ3v) is 1.45. The third kappa shape index (κ3) is 2.27. The number of hydrogen-bond acceptors (Lipinski definition) is 5. The summed E-state index contributed by atoms with van der Waals surface area (Å²) in [4.78, 5) is 3.87. The molecule has 6 nitrogen and oxygen atoms in total. The number of aromatic nitrogens is 1. The molecule has 6 heteroatoms. The molecule has 72 valence electrons. The molecule has 1 heterocycles. The molecule has 0 saturated heterocycles. The van der Waals surface area contributed by atoms with E-state index in [4.69, 9.17) is 15.1 Å². The van der Waals surface area contributed by atoms with Crippen LogP contribution in [0.3, 0.4) is 0 Å². The Labute approximate surface area is 75.7 Å². The molecule has 1 aromatic rings. The maximum absolute atomic E-state index is 5.20. The molecule has 0 aliphatic rings. The van der Waals surface area contributed by atoms with E-state index >= 15 is 0 Å². The minimum atomic E-state index is 0.383. The van der Waals surface area contributed by atoms with Gasteiger partial charge in [0.05, 0.1) is 0 Å². The highest BCUT2D eigenvalue weighted by atomic mass is 16.5. The number of aliphatic imine (C=N–C) groups is 1. The Bertz CT molecular complexity index is 294. The van der Waals surface area contributed by atoms with Crippen LogP contribution in [0.5, 0.6) is 0 Å². The summed E-state index contributed by atoms with van der Waals surface area (Å²) in [5, 5.41) is 3.75.